The number of benzene rings is 2. The van der Waals surface area contributed by atoms with Crippen LogP contribution in [0.5, 0.6) is 0 Å². The first-order valence-electron chi connectivity index (χ1n) is 10.4. The van der Waals surface area contributed by atoms with Crippen molar-refractivity contribution < 1.29 is 28.5 Å². The minimum Gasteiger partial charge on any atom is -1.00 e. The van der Waals surface area contributed by atoms with Gasteiger partial charge in [-0.15, -0.1) is 0 Å². The maximum Gasteiger partial charge on any atom is 0.104 e. The molecule has 2 bridgehead atoms. The molecule has 3 heteroatoms. The van der Waals surface area contributed by atoms with Crippen LogP contribution in [0.3, 0.4) is 0 Å². The van der Waals surface area contributed by atoms with Crippen molar-refractivity contribution in [3.05, 3.63) is 57.7 Å². The van der Waals surface area contributed by atoms with Crippen LogP contribution < -0.4 is 24.0 Å². The van der Waals surface area contributed by atoms with E-state index in [9.17, 15) is 0 Å². The van der Waals surface area contributed by atoms with Crippen LogP contribution in [0.2, 0.25) is 0 Å². The van der Waals surface area contributed by atoms with E-state index in [0.29, 0.717) is 5.41 Å². The Morgan fingerprint density at radius 2 is 1.68 bits per heavy atom. The Hall–Kier alpha value is -0.140. The molecule has 0 spiro atoms. The molecule has 0 saturated heterocycles. The summed E-state index contributed by atoms with van der Waals surface area (Å²) in [6, 6.07) is 17.9. The quantitative estimate of drug-likeness (QED) is 0.363. The number of hydrogen-bond acceptors (Lipinski definition) is 0. The van der Waals surface area contributed by atoms with E-state index in [1.54, 1.807) is 0 Å². The molecule has 3 aliphatic rings. The van der Waals surface area contributed by atoms with Gasteiger partial charge in [0.15, 0.2) is 0 Å². The average Bonchev–Trinajstić information content (AvgIpc) is 2.62. The lowest BCUT2D eigenvalue weighted by molar-refractivity contribution is -0.908. The van der Waals surface area contributed by atoms with Crippen molar-refractivity contribution >= 4 is 22.6 Å². The van der Waals surface area contributed by atoms with Gasteiger partial charge in [-0.25, -0.2) is 0 Å². The highest BCUT2D eigenvalue weighted by molar-refractivity contribution is 14.1. The normalized spacial score (nSPS) is 25.5. The number of rotatable bonds is 5. The van der Waals surface area contributed by atoms with Crippen molar-refractivity contribution in [2.45, 2.75) is 39.7 Å². The lowest BCUT2D eigenvalue weighted by Crippen LogP contribution is -3.00. The zero-order chi connectivity index (χ0) is 19.2. The molecule has 3 atom stereocenters. The summed E-state index contributed by atoms with van der Waals surface area (Å²) in [5.41, 5.74) is 4.71. The second-order valence-corrected chi connectivity index (χ2v) is 11.3. The van der Waals surface area contributed by atoms with E-state index < -0.39 is 0 Å². The fourth-order valence-corrected chi connectivity index (χ4v) is 6.56. The summed E-state index contributed by atoms with van der Waals surface area (Å²) in [4.78, 5) is 0. The average molecular weight is 601 g/mol. The second kappa shape index (κ2) is 8.54. The SMILES string of the molecule is CC1(C)[C@H]2CC[C@@H](C[N+](C)(C)Cc3ccc(-c4ccccc4I)cc3)[C@@H]1C2.[I-]. The zero-order valence-corrected chi connectivity index (χ0v) is 21.9. The molecule has 0 aliphatic heterocycles. The molecule has 3 aliphatic carbocycles. The summed E-state index contributed by atoms with van der Waals surface area (Å²) in [7, 11) is 4.84. The van der Waals surface area contributed by atoms with Crippen LogP contribution in [0.1, 0.15) is 38.7 Å². The Morgan fingerprint density at radius 1 is 1.00 bits per heavy atom. The minimum atomic E-state index is 0. The third-order valence-electron chi connectivity index (χ3n) is 7.48. The van der Waals surface area contributed by atoms with Gasteiger partial charge < -0.3 is 28.5 Å². The van der Waals surface area contributed by atoms with Gasteiger partial charge in [0.1, 0.15) is 6.54 Å². The van der Waals surface area contributed by atoms with Crippen molar-refractivity contribution in [3.8, 4) is 11.1 Å². The minimum absolute atomic E-state index is 0. The molecule has 1 nitrogen and oxygen atoms in total. The van der Waals surface area contributed by atoms with Gasteiger partial charge in [0.25, 0.3) is 0 Å². The zero-order valence-electron chi connectivity index (χ0n) is 17.6. The molecular formula is C25H33I2N. The van der Waals surface area contributed by atoms with E-state index >= 15 is 0 Å². The molecule has 0 aromatic heterocycles. The smallest absolute Gasteiger partial charge is 0.104 e. The number of halogens is 2. The summed E-state index contributed by atoms with van der Waals surface area (Å²) >= 11 is 2.43. The number of fused-ring (bicyclic) bond motifs is 2. The first kappa shape index (κ1) is 22.5. The highest BCUT2D eigenvalue weighted by Crippen LogP contribution is 2.61. The van der Waals surface area contributed by atoms with E-state index in [1.807, 2.05) is 0 Å². The number of hydrogen-bond donors (Lipinski definition) is 0. The molecule has 28 heavy (non-hydrogen) atoms. The fraction of sp³-hybridized carbons (Fsp3) is 0.520. The summed E-state index contributed by atoms with van der Waals surface area (Å²) in [6.45, 7) is 7.47. The Labute approximate surface area is 202 Å². The first-order valence-corrected chi connectivity index (χ1v) is 11.5. The van der Waals surface area contributed by atoms with Gasteiger partial charge in [0.05, 0.1) is 20.6 Å². The third kappa shape index (κ3) is 4.46. The molecular weight excluding hydrogens is 568 g/mol. The molecule has 0 radical (unpaired) electrons. The van der Waals surface area contributed by atoms with Gasteiger partial charge in [-0.3, -0.25) is 0 Å². The summed E-state index contributed by atoms with van der Waals surface area (Å²) in [6.07, 6.45) is 4.40. The van der Waals surface area contributed by atoms with E-state index in [4.69, 9.17) is 0 Å². The number of quaternary nitrogens is 1. The van der Waals surface area contributed by atoms with E-state index in [-0.39, 0.29) is 24.0 Å². The first-order chi connectivity index (χ1) is 12.8. The predicted octanol–water partition coefficient (Wildman–Crippen LogP) is 3.61. The van der Waals surface area contributed by atoms with Gasteiger partial charge in [-0.05, 0) is 76.3 Å². The largest absolute Gasteiger partial charge is 1.00 e. The maximum absolute atomic E-state index is 2.52. The van der Waals surface area contributed by atoms with Crippen LogP contribution in [0.4, 0.5) is 0 Å². The highest BCUT2D eigenvalue weighted by Gasteiger charge is 2.55. The third-order valence-corrected chi connectivity index (χ3v) is 8.42. The molecule has 2 aromatic rings. The molecule has 0 N–H and O–H groups in total. The summed E-state index contributed by atoms with van der Waals surface area (Å²) in [5, 5.41) is 0. The molecule has 152 valence electrons. The predicted molar refractivity (Wildman–Crippen MR) is 123 cm³/mol. The van der Waals surface area contributed by atoms with E-state index in [1.165, 1.54) is 46.1 Å². The molecule has 3 saturated carbocycles. The van der Waals surface area contributed by atoms with Crippen LogP contribution in [0, 0.1) is 26.7 Å². The highest BCUT2D eigenvalue weighted by atomic mass is 127. The lowest BCUT2D eigenvalue weighted by Gasteiger charge is -2.60. The van der Waals surface area contributed by atoms with Crippen LogP contribution >= 0.6 is 22.6 Å². The maximum atomic E-state index is 2.52. The second-order valence-electron chi connectivity index (χ2n) is 10.2. The van der Waals surface area contributed by atoms with Gasteiger partial charge >= 0.3 is 0 Å². The van der Waals surface area contributed by atoms with Gasteiger partial charge in [-0.1, -0.05) is 56.3 Å². The van der Waals surface area contributed by atoms with Crippen molar-refractivity contribution in [2.75, 3.05) is 20.6 Å². The van der Waals surface area contributed by atoms with Crippen molar-refractivity contribution in [1.82, 2.24) is 0 Å². The molecule has 2 aromatic carbocycles. The van der Waals surface area contributed by atoms with E-state index in [0.717, 1.165) is 28.8 Å². The molecule has 5 rings (SSSR count). The Kier molecular flexibility index (Phi) is 6.88. The van der Waals surface area contributed by atoms with Crippen LogP contribution in [0.25, 0.3) is 11.1 Å². The van der Waals surface area contributed by atoms with Crippen molar-refractivity contribution in [3.63, 3.8) is 0 Å². The Balaban J connectivity index is 0.00000225. The van der Waals surface area contributed by atoms with Gasteiger partial charge in [-0.2, -0.15) is 0 Å². The van der Waals surface area contributed by atoms with Crippen LogP contribution in [0.15, 0.2) is 48.5 Å². The lowest BCUT2D eigenvalue weighted by atomic mass is 9.45. The van der Waals surface area contributed by atoms with Crippen LogP contribution in [-0.4, -0.2) is 25.1 Å². The van der Waals surface area contributed by atoms with Gasteiger partial charge in [0.2, 0.25) is 0 Å². The van der Waals surface area contributed by atoms with Crippen LogP contribution in [-0.2, 0) is 6.54 Å². The Morgan fingerprint density at radius 3 is 2.29 bits per heavy atom. The topological polar surface area (TPSA) is 0 Å². The van der Waals surface area contributed by atoms with Crippen molar-refractivity contribution in [2.24, 2.45) is 23.2 Å². The Bertz CT molecular complexity index is 808. The molecule has 0 heterocycles. The molecule has 3 fully saturated rings. The monoisotopic (exact) mass is 601 g/mol. The number of nitrogens with zero attached hydrogens (tertiary/aromatic N) is 1. The summed E-state index contributed by atoms with van der Waals surface area (Å²) in [5.74, 6) is 2.86. The molecule has 0 amide bonds. The fourth-order valence-electron chi connectivity index (χ4n) is 5.86. The van der Waals surface area contributed by atoms with E-state index in [2.05, 4.69) is 99.1 Å². The van der Waals surface area contributed by atoms with Crippen molar-refractivity contribution in [1.29, 1.82) is 0 Å². The molecule has 0 unspecified atom stereocenters. The summed E-state index contributed by atoms with van der Waals surface area (Å²) < 4.78 is 2.42. The van der Waals surface area contributed by atoms with Gasteiger partial charge in [0, 0.05) is 15.1 Å². The standard InChI is InChI=1S/C25H33IN.HI/c1-25(2)21-14-13-20(23(25)15-21)17-27(3,4)16-18-9-11-19(12-10-18)22-7-5-6-8-24(22)26;/h5-12,20-21,23H,13-17H2,1-4H3;1H/q+1;/p-1/t20-,21-,23-;/m0./s1.